The smallest absolute Gasteiger partial charge is 0.305 e. The monoisotopic (exact) mass is 220 g/mol. The topological polar surface area (TPSA) is 82.1 Å². The Hall–Kier alpha value is -2.11. The number of nitrogens with one attached hydrogen (secondary N) is 1. The molecule has 0 aliphatic heterocycles. The molecule has 6 nitrogen and oxygen atoms in total. The van der Waals surface area contributed by atoms with Crippen molar-refractivity contribution in [3.05, 3.63) is 18.2 Å². The number of H-pyrrole nitrogens is 1. The quantitative estimate of drug-likeness (QED) is 0.798. The van der Waals surface area contributed by atoms with Crippen LogP contribution < -0.4 is 4.90 Å². The molecule has 1 aromatic heterocycles. The second kappa shape index (κ2) is 4.18. The first kappa shape index (κ1) is 10.4. The normalized spacial score (nSPS) is 10.6. The van der Waals surface area contributed by atoms with E-state index in [4.69, 9.17) is 5.11 Å². The Balaban J connectivity index is 2.15. The molecule has 16 heavy (non-hydrogen) atoms. The highest BCUT2D eigenvalue weighted by Gasteiger charge is 2.06. The number of aromatic nitrogens is 3. The van der Waals surface area contributed by atoms with Gasteiger partial charge in [-0.2, -0.15) is 15.4 Å². The summed E-state index contributed by atoms with van der Waals surface area (Å²) in [5.74, 6) is -0.797. The molecule has 0 radical (unpaired) electrons. The molecule has 0 fully saturated rings. The maximum atomic E-state index is 10.5. The Labute approximate surface area is 91.9 Å². The van der Waals surface area contributed by atoms with E-state index in [-0.39, 0.29) is 6.42 Å². The third-order valence-corrected chi connectivity index (χ3v) is 2.40. The largest absolute Gasteiger partial charge is 0.481 e. The van der Waals surface area contributed by atoms with E-state index in [2.05, 4.69) is 15.4 Å². The summed E-state index contributed by atoms with van der Waals surface area (Å²) in [4.78, 5) is 12.3. The first-order chi connectivity index (χ1) is 7.66. The lowest BCUT2D eigenvalue weighted by Crippen LogP contribution is -2.20. The highest BCUT2D eigenvalue weighted by Crippen LogP contribution is 2.18. The molecule has 0 unspecified atom stereocenters. The van der Waals surface area contributed by atoms with Crippen LogP contribution in [0.1, 0.15) is 6.42 Å². The summed E-state index contributed by atoms with van der Waals surface area (Å²) in [5.41, 5.74) is 2.51. The number of benzene rings is 1. The van der Waals surface area contributed by atoms with Gasteiger partial charge in [-0.1, -0.05) is 0 Å². The SMILES string of the molecule is CN(CCC(=O)O)c1ccc2n[nH]nc2c1. The molecule has 0 bridgehead atoms. The summed E-state index contributed by atoms with van der Waals surface area (Å²) >= 11 is 0. The van der Waals surface area contributed by atoms with E-state index in [1.165, 1.54) is 0 Å². The highest BCUT2D eigenvalue weighted by molar-refractivity contribution is 5.78. The van der Waals surface area contributed by atoms with Crippen molar-refractivity contribution in [1.82, 2.24) is 15.4 Å². The van der Waals surface area contributed by atoms with Gasteiger partial charge in [0.1, 0.15) is 11.0 Å². The van der Waals surface area contributed by atoms with Crippen molar-refractivity contribution in [1.29, 1.82) is 0 Å². The van der Waals surface area contributed by atoms with E-state index >= 15 is 0 Å². The predicted octanol–water partition coefficient (Wildman–Crippen LogP) is 0.869. The number of rotatable bonds is 4. The fourth-order valence-corrected chi connectivity index (χ4v) is 1.46. The molecule has 1 aromatic carbocycles. The number of hydrogen-bond acceptors (Lipinski definition) is 4. The molecule has 84 valence electrons. The number of nitrogens with zero attached hydrogens (tertiary/aromatic N) is 3. The van der Waals surface area contributed by atoms with Gasteiger partial charge in [0.25, 0.3) is 0 Å². The number of aliphatic carboxylic acids is 1. The fourth-order valence-electron chi connectivity index (χ4n) is 1.46. The first-order valence-electron chi connectivity index (χ1n) is 4.90. The molecule has 0 spiro atoms. The number of aromatic amines is 1. The van der Waals surface area contributed by atoms with Crippen LogP contribution in [0.5, 0.6) is 0 Å². The van der Waals surface area contributed by atoms with Crippen molar-refractivity contribution in [3.63, 3.8) is 0 Å². The number of hydrogen-bond donors (Lipinski definition) is 2. The number of carbonyl (C=O) groups is 1. The zero-order chi connectivity index (χ0) is 11.5. The van der Waals surface area contributed by atoms with E-state index < -0.39 is 5.97 Å². The Bertz CT molecular complexity index is 508. The van der Waals surface area contributed by atoms with E-state index in [0.29, 0.717) is 6.54 Å². The van der Waals surface area contributed by atoms with Crippen molar-refractivity contribution in [2.75, 3.05) is 18.5 Å². The van der Waals surface area contributed by atoms with Gasteiger partial charge in [-0.25, -0.2) is 0 Å². The minimum absolute atomic E-state index is 0.118. The van der Waals surface area contributed by atoms with Gasteiger partial charge in [0.2, 0.25) is 0 Å². The molecule has 0 saturated carbocycles. The van der Waals surface area contributed by atoms with Gasteiger partial charge in [-0.3, -0.25) is 4.79 Å². The molecular formula is C10H12N4O2. The molecule has 2 N–H and O–H groups in total. The Kier molecular flexibility index (Phi) is 2.72. The van der Waals surface area contributed by atoms with Gasteiger partial charge in [-0.05, 0) is 18.2 Å². The van der Waals surface area contributed by atoms with Crippen LogP contribution in [0.15, 0.2) is 18.2 Å². The second-order valence-electron chi connectivity index (χ2n) is 3.56. The lowest BCUT2D eigenvalue weighted by atomic mass is 10.2. The molecule has 6 heteroatoms. The molecular weight excluding hydrogens is 208 g/mol. The van der Waals surface area contributed by atoms with Crippen LogP contribution >= 0.6 is 0 Å². The molecule has 0 saturated heterocycles. The van der Waals surface area contributed by atoms with Crippen LogP contribution in [-0.4, -0.2) is 40.1 Å². The van der Waals surface area contributed by atoms with Gasteiger partial charge < -0.3 is 10.0 Å². The summed E-state index contributed by atoms with van der Waals surface area (Å²) in [5, 5.41) is 19.1. The third-order valence-electron chi connectivity index (χ3n) is 2.40. The van der Waals surface area contributed by atoms with Crippen LogP contribution in [0.3, 0.4) is 0 Å². The second-order valence-corrected chi connectivity index (χ2v) is 3.56. The summed E-state index contributed by atoms with van der Waals surface area (Å²) < 4.78 is 0. The van der Waals surface area contributed by atoms with Crippen molar-refractivity contribution in [2.45, 2.75) is 6.42 Å². The molecule has 1 heterocycles. The molecule has 2 aromatic rings. The Morgan fingerprint density at radius 3 is 2.94 bits per heavy atom. The van der Waals surface area contributed by atoms with Gasteiger partial charge >= 0.3 is 5.97 Å². The summed E-state index contributed by atoms with van der Waals surface area (Å²) in [7, 11) is 1.85. The van der Waals surface area contributed by atoms with Crippen LogP contribution in [0.25, 0.3) is 11.0 Å². The molecule has 2 rings (SSSR count). The maximum Gasteiger partial charge on any atom is 0.305 e. The Morgan fingerprint density at radius 1 is 1.44 bits per heavy atom. The number of carboxylic acids is 1. The van der Waals surface area contributed by atoms with Crippen LogP contribution in [0.2, 0.25) is 0 Å². The number of fused-ring (bicyclic) bond motifs is 1. The van der Waals surface area contributed by atoms with Gasteiger partial charge in [0.15, 0.2) is 0 Å². The van der Waals surface area contributed by atoms with Crippen LogP contribution in [-0.2, 0) is 4.79 Å². The molecule has 0 aliphatic rings. The molecule has 0 aliphatic carbocycles. The average molecular weight is 220 g/mol. The summed E-state index contributed by atoms with van der Waals surface area (Å²) in [6, 6.07) is 5.62. The van der Waals surface area contributed by atoms with Gasteiger partial charge in [0.05, 0.1) is 6.42 Å². The van der Waals surface area contributed by atoms with Gasteiger partial charge in [0, 0.05) is 19.3 Å². The van der Waals surface area contributed by atoms with Crippen molar-refractivity contribution >= 4 is 22.7 Å². The fraction of sp³-hybridized carbons (Fsp3) is 0.300. The highest BCUT2D eigenvalue weighted by atomic mass is 16.4. The van der Waals surface area contributed by atoms with E-state index in [1.54, 1.807) is 0 Å². The lowest BCUT2D eigenvalue weighted by molar-refractivity contribution is -0.136. The van der Waals surface area contributed by atoms with Crippen molar-refractivity contribution in [2.24, 2.45) is 0 Å². The summed E-state index contributed by atoms with van der Waals surface area (Å²) in [6.07, 6.45) is 0.118. The minimum Gasteiger partial charge on any atom is -0.481 e. The third kappa shape index (κ3) is 2.10. The first-order valence-corrected chi connectivity index (χ1v) is 4.90. The van der Waals surface area contributed by atoms with Gasteiger partial charge in [-0.15, -0.1) is 0 Å². The summed E-state index contributed by atoms with van der Waals surface area (Å²) in [6.45, 7) is 0.471. The van der Waals surface area contributed by atoms with E-state index in [0.717, 1.165) is 16.7 Å². The zero-order valence-corrected chi connectivity index (χ0v) is 8.84. The average Bonchev–Trinajstić information content (AvgIpc) is 2.72. The predicted molar refractivity (Wildman–Crippen MR) is 59.4 cm³/mol. The Morgan fingerprint density at radius 2 is 2.19 bits per heavy atom. The molecule has 0 amide bonds. The van der Waals surface area contributed by atoms with Crippen molar-refractivity contribution < 1.29 is 9.90 Å². The standard InChI is InChI=1S/C10H12N4O2/c1-14(5-4-10(15)16)7-2-3-8-9(6-7)12-13-11-8/h2-3,6H,4-5H2,1H3,(H,15,16)(H,11,12,13). The van der Waals surface area contributed by atoms with E-state index in [9.17, 15) is 4.79 Å². The van der Waals surface area contributed by atoms with Crippen molar-refractivity contribution in [3.8, 4) is 0 Å². The lowest BCUT2D eigenvalue weighted by Gasteiger charge is -2.17. The van der Waals surface area contributed by atoms with Crippen LogP contribution in [0, 0.1) is 0 Å². The van der Waals surface area contributed by atoms with Crippen LogP contribution in [0.4, 0.5) is 5.69 Å². The minimum atomic E-state index is -0.797. The van der Waals surface area contributed by atoms with E-state index in [1.807, 2.05) is 30.1 Å². The number of anilines is 1. The zero-order valence-electron chi connectivity index (χ0n) is 8.84. The molecule has 0 atom stereocenters. The number of carboxylic acid groups (broad SMARTS) is 1. The maximum absolute atomic E-state index is 10.5.